The van der Waals surface area contributed by atoms with E-state index >= 15 is 0 Å². The number of hydrogen-bond acceptors (Lipinski definition) is 2. The predicted octanol–water partition coefficient (Wildman–Crippen LogP) is 2.72. The van der Waals surface area contributed by atoms with Crippen LogP contribution in [0.15, 0.2) is 0 Å². The third-order valence-corrected chi connectivity index (χ3v) is 5.21. The molecule has 0 heterocycles. The molecule has 2 nitrogen and oxygen atoms in total. The van der Waals surface area contributed by atoms with Crippen molar-refractivity contribution in [3.63, 3.8) is 0 Å². The number of hydrogen-bond donors (Lipinski definition) is 1. The van der Waals surface area contributed by atoms with E-state index in [9.17, 15) is 0 Å². The molecule has 1 spiro atoms. The van der Waals surface area contributed by atoms with Gasteiger partial charge in [0.1, 0.15) is 0 Å². The molecule has 3 rings (SSSR count). The Kier molecular flexibility index (Phi) is 2.75. The molecule has 1 N–H and O–H groups in total. The highest BCUT2D eigenvalue weighted by Gasteiger charge is 2.57. The van der Waals surface area contributed by atoms with Crippen molar-refractivity contribution < 1.29 is 4.74 Å². The van der Waals surface area contributed by atoms with Crippen LogP contribution in [0.5, 0.6) is 0 Å². The molecule has 4 atom stereocenters. The van der Waals surface area contributed by atoms with Crippen molar-refractivity contribution in [2.75, 3.05) is 6.61 Å². The van der Waals surface area contributed by atoms with Crippen LogP contribution < -0.4 is 5.32 Å². The zero-order valence-corrected chi connectivity index (χ0v) is 10.7. The van der Waals surface area contributed by atoms with E-state index < -0.39 is 0 Å². The molecular formula is C14H25NO. The quantitative estimate of drug-likeness (QED) is 0.791. The summed E-state index contributed by atoms with van der Waals surface area (Å²) in [7, 11) is 0. The van der Waals surface area contributed by atoms with Crippen LogP contribution in [-0.4, -0.2) is 24.8 Å². The van der Waals surface area contributed by atoms with Gasteiger partial charge in [-0.15, -0.1) is 0 Å². The molecule has 0 amide bonds. The van der Waals surface area contributed by atoms with E-state index in [1.807, 2.05) is 0 Å². The minimum Gasteiger partial charge on any atom is -0.378 e. The van der Waals surface area contributed by atoms with Gasteiger partial charge in [0.05, 0.1) is 6.10 Å². The summed E-state index contributed by atoms with van der Waals surface area (Å²) in [4.78, 5) is 0. The second-order valence-corrected chi connectivity index (χ2v) is 6.16. The molecule has 0 radical (unpaired) electrons. The van der Waals surface area contributed by atoms with Crippen molar-refractivity contribution in [1.82, 2.24) is 5.32 Å². The Morgan fingerprint density at radius 3 is 2.50 bits per heavy atom. The first kappa shape index (κ1) is 11.0. The zero-order chi connectivity index (χ0) is 11.2. The van der Waals surface area contributed by atoms with Crippen molar-refractivity contribution in [3.8, 4) is 0 Å². The predicted molar refractivity (Wildman–Crippen MR) is 65.4 cm³/mol. The lowest BCUT2D eigenvalue weighted by Gasteiger charge is -2.54. The van der Waals surface area contributed by atoms with E-state index in [0.29, 0.717) is 11.5 Å². The molecule has 3 aliphatic rings. The topological polar surface area (TPSA) is 21.3 Å². The van der Waals surface area contributed by atoms with Gasteiger partial charge in [-0.1, -0.05) is 19.8 Å². The largest absolute Gasteiger partial charge is 0.378 e. The normalized spacial score (nSPS) is 44.6. The third kappa shape index (κ3) is 1.62. The summed E-state index contributed by atoms with van der Waals surface area (Å²) in [5.74, 6) is 0.921. The van der Waals surface area contributed by atoms with Gasteiger partial charge in [-0.2, -0.15) is 0 Å². The molecule has 0 aromatic rings. The van der Waals surface area contributed by atoms with E-state index in [4.69, 9.17) is 4.74 Å². The van der Waals surface area contributed by atoms with Gasteiger partial charge in [-0.05, 0) is 38.5 Å². The maximum absolute atomic E-state index is 5.93. The second kappa shape index (κ2) is 3.99. The number of rotatable bonds is 4. The standard InChI is InChI=1S/C14H25NO/c1-3-16-13-9-12(15-11-8-10(11)2)14(13)6-4-5-7-14/h10-13,15H,3-9H2,1-2H3. The van der Waals surface area contributed by atoms with E-state index in [1.54, 1.807) is 0 Å². The molecular weight excluding hydrogens is 198 g/mol. The Balaban J connectivity index is 1.62. The summed E-state index contributed by atoms with van der Waals surface area (Å²) in [5, 5.41) is 3.88. The van der Waals surface area contributed by atoms with Crippen LogP contribution in [0.1, 0.15) is 52.4 Å². The maximum Gasteiger partial charge on any atom is 0.0661 e. The first-order valence-electron chi connectivity index (χ1n) is 7.14. The first-order chi connectivity index (χ1) is 7.76. The first-order valence-corrected chi connectivity index (χ1v) is 7.14. The van der Waals surface area contributed by atoms with Crippen LogP contribution >= 0.6 is 0 Å². The van der Waals surface area contributed by atoms with Crippen molar-refractivity contribution >= 4 is 0 Å². The average Bonchev–Trinajstić information content (AvgIpc) is 2.81. The van der Waals surface area contributed by atoms with Crippen molar-refractivity contribution in [3.05, 3.63) is 0 Å². The van der Waals surface area contributed by atoms with Gasteiger partial charge < -0.3 is 10.1 Å². The summed E-state index contributed by atoms with van der Waals surface area (Å²) in [5.41, 5.74) is 0.526. The SMILES string of the molecule is CCOC1CC(NC2CC2C)C12CCCC2. The Hall–Kier alpha value is -0.0800. The smallest absolute Gasteiger partial charge is 0.0661 e. The van der Waals surface area contributed by atoms with Gasteiger partial charge >= 0.3 is 0 Å². The van der Waals surface area contributed by atoms with Crippen molar-refractivity contribution in [2.45, 2.75) is 70.6 Å². The Morgan fingerprint density at radius 2 is 1.94 bits per heavy atom. The summed E-state index contributed by atoms with van der Waals surface area (Å²) in [6.07, 6.45) is 8.85. The van der Waals surface area contributed by atoms with Gasteiger partial charge in [0, 0.05) is 24.1 Å². The minimum atomic E-state index is 0.526. The summed E-state index contributed by atoms with van der Waals surface area (Å²) < 4.78 is 5.93. The zero-order valence-electron chi connectivity index (χ0n) is 10.7. The summed E-state index contributed by atoms with van der Waals surface area (Å²) >= 11 is 0. The van der Waals surface area contributed by atoms with Gasteiger partial charge in [-0.3, -0.25) is 0 Å². The second-order valence-electron chi connectivity index (χ2n) is 6.16. The lowest BCUT2D eigenvalue weighted by molar-refractivity contribution is -0.130. The Morgan fingerprint density at radius 1 is 1.25 bits per heavy atom. The van der Waals surface area contributed by atoms with Gasteiger partial charge in [-0.25, -0.2) is 0 Å². The van der Waals surface area contributed by atoms with Crippen LogP contribution in [0.2, 0.25) is 0 Å². The lowest BCUT2D eigenvalue weighted by Crippen LogP contribution is -2.63. The number of ether oxygens (including phenoxy) is 1. The molecule has 4 unspecified atom stereocenters. The Bertz CT molecular complexity index is 259. The molecule has 0 bridgehead atoms. The molecule has 0 aromatic carbocycles. The fourth-order valence-electron chi connectivity index (χ4n) is 3.93. The van der Waals surface area contributed by atoms with E-state index in [-0.39, 0.29) is 0 Å². The molecule has 2 heteroatoms. The third-order valence-electron chi connectivity index (χ3n) is 5.21. The van der Waals surface area contributed by atoms with Crippen LogP contribution in [0, 0.1) is 11.3 Å². The van der Waals surface area contributed by atoms with Crippen molar-refractivity contribution in [2.24, 2.45) is 11.3 Å². The highest BCUT2D eigenvalue weighted by Crippen LogP contribution is 2.55. The molecule has 3 saturated carbocycles. The summed E-state index contributed by atoms with van der Waals surface area (Å²) in [6.45, 7) is 5.38. The highest BCUT2D eigenvalue weighted by atomic mass is 16.5. The molecule has 0 aliphatic heterocycles. The van der Waals surface area contributed by atoms with Crippen LogP contribution in [0.4, 0.5) is 0 Å². The molecule has 0 saturated heterocycles. The minimum absolute atomic E-state index is 0.526. The molecule has 0 aromatic heterocycles. The molecule has 3 aliphatic carbocycles. The lowest BCUT2D eigenvalue weighted by atomic mass is 9.60. The van der Waals surface area contributed by atoms with Crippen LogP contribution in [0.3, 0.4) is 0 Å². The monoisotopic (exact) mass is 223 g/mol. The van der Waals surface area contributed by atoms with Gasteiger partial charge in [0.2, 0.25) is 0 Å². The molecule has 92 valence electrons. The average molecular weight is 223 g/mol. The van der Waals surface area contributed by atoms with Crippen molar-refractivity contribution in [1.29, 1.82) is 0 Å². The van der Waals surface area contributed by atoms with Gasteiger partial charge in [0.15, 0.2) is 0 Å². The van der Waals surface area contributed by atoms with E-state index in [2.05, 4.69) is 19.2 Å². The molecule has 16 heavy (non-hydrogen) atoms. The maximum atomic E-state index is 5.93. The highest BCUT2D eigenvalue weighted by molar-refractivity contribution is 5.12. The van der Waals surface area contributed by atoms with Gasteiger partial charge in [0.25, 0.3) is 0 Å². The number of nitrogens with one attached hydrogen (secondary N) is 1. The van der Waals surface area contributed by atoms with E-state index in [1.165, 1.54) is 38.5 Å². The van der Waals surface area contributed by atoms with Crippen LogP contribution in [0.25, 0.3) is 0 Å². The fraction of sp³-hybridized carbons (Fsp3) is 1.00. The Labute approximate surface area is 99.1 Å². The molecule has 3 fully saturated rings. The summed E-state index contributed by atoms with van der Waals surface area (Å²) in [6, 6.07) is 1.59. The fourth-order valence-corrected chi connectivity index (χ4v) is 3.93. The van der Waals surface area contributed by atoms with E-state index in [0.717, 1.165) is 24.6 Å². The van der Waals surface area contributed by atoms with Crippen LogP contribution in [-0.2, 0) is 4.74 Å².